The second-order valence-electron chi connectivity index (χ2n) is 11.7. The highest BCUT2D eigenvalue weighted by Gasteiger charge is 2.60. The Morgan fingerprint density at radius 2 is 1.46 bits per heavy atom. The molecule has 5 aliphatic rings. The molecule has 184 valence electrons. The molecule has 4 bridgehead atoms. The zero-order valence-corrected chi connectivity index (χ0v) is 20.6. The van der Waals surface area contributed by atoms with Crippen LogP contribution in [-0.2, 0) is 21.5 Å². The summed E-state index contributed by atoms with van der Waals surface area (Å²) in [4.78, 5) is 30.9. The molecule has 1 aliphatic heterocycles. The molecular formula is C30H37N3O2. The lowest BCUT2D eigenvalue weighted by Gasteiger charge is -2.61. The van der Waals surface area contributed by atoms with Crippen molar-refractivity contribution in [3.05, 3.63) is 71.8 Å². The van der Waals surface area contributed by atoms with Crippen LogP contribution in [0.4, 0.5) is 0 Å². The van der Waals surface area contributed by atoms with E-state index >= 15 is 0 Å². The molecule has 5 nitrogen and oxygen atoms in total. The van der Waals surface area contributed by atoms with Crippen LogP contribution in [0, 0.1) is 17.3 Å². The Balaban J connectivity index is 1.05. The summed E-state index contributed by atoms with van der Waals surface area (Å²) in [6, 6.07) is 21.4. The van der Waals surface area contributed by atoms with E-state index in [2.05, 4.69) is 64.8 Å². The fourth-order valence-corrected chi connectivity index (χ4v) is 8.11. The molecule has 5 fully saturated rings. The standard InChI is InChI=1S/C30H37N3O2/c34-27(33-13-11-32(12-14-33)21-23-7-3-1-4-8-23)20-31-28(35)30-18-24-15-25(19-30)17-29(16-24,22-30)26-9-5-2-6-10-26/h1-10,24-25H,11-22H2,(H,31,35). The van der Waals surface area contributed by atoms with E-state index in [1.807, 2.05) is 11.0 Å². The molecule has 0 aromatic heterocycles. The molecule has 2 unspecified atom stereocenters. The maximum Gasteiger partial charge on any atom is 0.242 e. The molecule has 1 heterocycles. The number of amides is 2. The molecule has 1 saturated heterocycles. The Labute approximate surface area is 208 Å². The smallest absolute Gasteiger partial charge is 0.242 e. The first-order valence-corrected chi connectivity index (χ1v) is 13.4. The van der Waals surface area contributed by atoms with Gasteiger partial charge in [-0.05, 0) is 66.9 Å². The molecule has 4 saturated carbocycles. The lowest BCUT2D eigenvalue weighted by Crippen LogP contribution is -2.60. The normalized spacial score (nSPS) is 31.9. The van der Waals surface area contributed by atoms with Crippen LogP contribution in [0.2, 0.25) is 0 Å². The highest BCUT2D eigenvalue weighted by molar-refractivity contribution is 5.88. The molecule has 0 spiro atoms. The predicted molar refractivity (Wildman–Crippen MR) is 137 cm³/mol. The van der Waals surface area contributed by atoms with Gasteiger partial charge in [-0.25, -0.2) is 0 Å². The third-order valence-electron chi connectivity index (χ3n) is 9.30. The van der Waals surface area contributed by atoms with Crippen LogP contribution in [0.15, 0.2) is 60.7 Å². The van der Waals surface area contributed by atoms with Gasteiger partial charge in [-0.1, -0.05) is 60.7 Å². The van der Waals surface area contributed by atoms with Gasteiger partial charge >= 0.3 is 0 Å². The van der Waals surface area contributed by atoms with Crippen molar-refractivity contribution in [2.24, 2.45) is 17.3 Å². The van der Waals surface area contributed by atoms with Gasteiger partial charge in [-0.15, -0.1) is 0 Å². The SMILES string of the molecule is O=C(CNC(=O)C12CC3CC(C1)CC(c1ccccc1)(C3)C2)N1CCN(Cc2ccccc2)CC1. The molecule has 2 amide bonds. The molecule has 7 rings (SSSR count). The molecule has 5 heteroatoms. The summed E-state index contributed by atoms with van der Waals surface area (Å²) in [5.74, 6) is 1.45. The van der Waals surface area contributed by atoms with Crippen LogP contribution in [0.3, 0.4) is 0 Å². The van der Waals surface area contributed by atoms with E-state index in [9.17, 15) is 9.59 Å². The van der Waals surface area contributed by atoms with Gasteiger partial charge in [0, 0.05) is 32.7 Å². The van der Waals surface area contributed by atoms with E-state index < -0.39 is 0 Å². The largest absolute Gasteiger partial charge is 0.347 e. The van der Waals surface area contributed by atoms with Crippen LogP contribution in [-0.4, -0.2) is 54.3 Å². The highest BCUT2D eigenvalue weighted by atomic mass is 16.2. The topological polar surface area (TPSA) is 52.7 Å². The lowest BCUT2D eigenvalue weighted by molar-refractivity contribution is -0.150. The molecule has 4 aliphatic carbocycles. The number of nitrogens with one attached hydrogen (secondary N) is 1. The summed E-state index contributed by atoms with van der Waals surface area (Å²) in [6.45, 7) is 4.27. The van der Waals surface area contributed by atoms with E-state index in [1.165, 1.54) is 30.4 Å². The van der Waals surface area contributed by atoms with Crippen LogP contribution in [0.1, 0.15) is 49.7 Å². The van der Waals surface area contributed by atoms with Crippen LogP contribution < -0.4 is 5.32 Å². The van der Waals surface area contributed by atoms with Gasteiger partial charge < -0.3 is 10.2 Å². The maximum atomic E-state index is 13.6. The minimum atomic E-state index is -0.297. The molecule has 35 heavy (non-hydrogen) atoms. The summed E-state index contributed by atoms with van der Waals surface area (Å²) >= 11 is 0. The predicted octanol–water partition coefficient (Wildman–Crippen LogP) is 3.99. The highest BCUT2D eigenvalue weighted by Crippen LogP contribution is 2.65. The number of rotatable bonds is 6. The fraction of sp³-hybridized carbons (Fsp3) is 0.533. The lowest BCUT2D eigenvalue weighted by atomic mass is 9.42. The zero-order chi connectivity index (χ0) is 23.9. The number of carbonyl (C=O) groups excluding carboxylic acids is 2. The average molecular weight is 472 g/mol. The number of carbonyl (C=O) groups is 2. The number of nitrogens with zero attached hydrogens (tertiary/aromatic N) is 2. The Kier molecular flexibility index (Phi) is 5.92. The van der Waals surface area contributed by atoms with E-state index in [0.29, 0.717) is 11.8 Å². The van der Waals surface area contributed by atoms with Crippen molar-refractivity contribution in [3.63, 3.8) is 0 Å². The molecular weight excluding hydrogens is 434 g/mol. The zero-order valence-electron chi connectivity index (χ0n) is 20.6. The van der Waals surface area contributed by atoms with Crippen molar-refractivity contribution < 1.29 is 9.59 Å². The Hall–Kier alpha value is -2.66. The van der Waals surface area contributed by atoms with E-state index in [1.54, 1.807) is 0 Å². The minimum Gasteiger partial charge on any atom is -0.347 e. The number of benzene rings is 2. The van der Waals surface area contributed by atoms with Crippen molar-refractivity contribution in [2.45, 2.75) is 50.5 Å². The van der Waals surface area contributed by atoms with Crippen molar-refractivity contribution in [1.82, 2.24) is 15.1 Å². The average Bonchev–Trinajstić information content (AvgIpc) is 2.88. The van der Waals surface area contributed by atoms with Gasteiger partial charge in [0.1, 0.15) is 0 Å². The first-order valence-electron chi connectivity index (χ1n) is 13.4. The monoisotopic (exact) mass is 471 g/mol. The third kappa shape index (κ3) is 4.40. The molecule has 2 atom stereocenters. The van der Waals surface area contributed by atoms with Crippen LogP contribution >= 0.6 is 0 Å². The van der Waals surface area contributed by atoms with Gasteiger partial charge in [0.05, 0.1) is 12.0 Å². The van der Waals surface area contributed by atoms with Crippen molar-refractivity contribution >= 4 is 11.8 Å². The van der Waals surface area contributed by atoms with Gasteiger partial charge in [0.25, 0.3) is 0 Å². The second kappa shape index (κ2) is 9.09. The van der Waals surface area contributed by atoms with Crippen molar-refractivity contribution in [3.8, 4) is 0 Å². The molecule has 0 radical (unpaired) electrons. The second-order valence-corrected chi connectivity index (χ2v) is 11.7. The molecule has 2 aromatic rings. The van der Waals surface area contributed by atoms with E-state index in [0.717, 1.165) is 52.0 Å². The summed E-state index contributed by atoms with van der Waals surface area (Å²) in [7, 11) is 0. The van der Waals surface area contributed by atoms with Gasteiger partial charge in [0.15, 0.2) is 0 Å². The minimum absolute atomic E-state index is 0.0558. The molecule has 2 aromatic carbocycles. The number of piperazine rings is 1. The van der Waals surface area contributed by atoms with Crippen molar-refractivity contribution in [2.75, 3.05) is 32.7 Å². The summed E-state index contributed by atoms with van der Waals surface area (Å²) in [5, 5.41) is 3.11. The Morgan fingerprint density at radius 3 is 2.11 bits per heavy atom. The van der Waals surface area contributed by atoms with Crippen LogP contribution in [0.25, 0.3) is 0 Å². The third-order valence-corrected chi connectivity index (χ3v) is 9.30. The van der Waals surface area contributed by atoms with E-state index in [-0.39, 0.29) is 29.2 Å². The Morgan fingerprint density at radius 1 is 0.829 bits per heavy atom. The fourth-order valence-electron chi connectivity index (χ4n) is 8.11. The number of hydrogen-bond acceptors (Lipinski definition) is 3. The van der Waals surface area contributed by atoms with Crippen LogP contribution in [0.5, 0.6) is 0 Å². The quantitative estimate of drug-likeness (QED) is 0.693. The first kappa shape index (κ1) is 22.8. The van der Waals surface area contributed by atoms with Gasteiger partial charge in [-0.3, -0.25) is 14.5 Å². The molecule has 1 N–H and O–H groups in total. The van der Waals surface area contributed by atoms with E-state index in [4.69, 9.17) is 0 Å². The van der Waals surface area contributed by atoms with Crippen molar-refractivity contribution in [1.29, 1.82) is 0 Å². The Bertz CT molecular complexity index is 1050. The first-order chi connectivity index (χ1) is 17.0. The van der Waals surface area contributed by atoms with Gasteiger partial charge in [-0.2, -0.15) is 0 Å². The summed E-state index contributed by atoms with van der Waals surface area (Å²) < 4.78 is 0. The summed E-state index contributed by atoms with van der Waals surface area (Å²) in [5.41, 5.74) is 2.57. The maximum absolute atomic E-state index is 13.6. The summed E-state index contributed by atoms with van der Waals surface area (Å²) in [6.07, 6.45) is 6.64. The van der Waals surface area contributed by atoms with Gasteiger partial charge in [0.2, 0.25) is 11.8 Å². The number of hydrogen-bond donors (Lipinski definition) is 1.